The van der Waals surface area contributed by atoms with Gasteiger partial charge in [-0.1, -0.05) is 0 Å². The van der Waals surface area contributed by atoms with Crippen molar-refractivity contribution in [2.45, 2.75) is 18.4 Å². The smallest absolute Gasteiger partial charge is 0.228 e. The molecule has 1 fully saturated rings. The zero-order valence-corrected chi connectivity index (χ0v) is 13.5. The molecule has 1 unspecified atom stereocenters. The van der Waals surface area contributed by atoms with Crippen molar-refractivity contribution in [3.8, 4) is 5.75 Å². The zero-order valence-electron chi connectivity index (χ0n) is 13.5. The fraction of sp³-hybridized carbons (Fsp3) is 0.412. The minimum absolute atomic E-state index is 0.0277. The van der Waals surface area contributed by atoms with Crippen LogP contribution < -0.4 is 4.74 Å². The Morgan fingerprint density at radius 1 is 1.42 bits per heavy atom. The van der Waals surface area contributed by atoms with Crippen molar-refractivity contribution in [1.29, 1.82) is 0 Å². The second-order valence-corrected chi connectivity index (χ2v) is 5.95. The number of imidazole rings is 1. The minimum atomic E-state index is -0.544. The number of carbonyl (C=O) groups excluding carboxylic acids is 1. The van der Waals surface area contributed by atoms with E-state index in [0.29, 0.717) is 38.3 Å². The fourth-order valence-electron chi connectivity index (χ4n) is 2.80. The Morgan fingerprint density at radius 2 is 2.21 bits per heavy atom. The number of amides is 1. The second kappa shape index (κ2) is 7.00. The molecule has 0 bridgehead atoms. The molecule has 1 aromatic carbocycles. The van der Waals surface area contributed by atoms with Crippen LogP contribution in [-0.2, 0) is 16.0 Å². The van der Waals surface area contributed by atoms with Gasteiger partial charge >= 0.3 is 0 Å². The summed E-state index contributed by atoms with van der Waals surface area (Å²) in [6.07, 6.45) is 4.19. The summed E-state index contributed by atoms with van der Waals surface area (Å²) in [5, 5.41) is 0. The van der Waals surface area contributed by atoms with Crippen LogP contribution in [-0.4, -0.2) is 53.2 Å². The molecule has 6 nitrogen and oxygen atoms in total. The highest BCUT2D eigenvalue weighted by Gasteiger charge is 2.41. The average molecular weight is 333 g/mol. The van der Waals surface area contributed by atoms with Crippen molar-refractivity contribution in [2.24, 2.45) is 0 Å². The second-order valence-electron chi connectivity index (χ2n) is 5.95. The first-order valence-corrected chi connectivity index (χ1v) is 7.79. The molecule has 2 aromatic rings. The summed E-state index contributed by atoms with van der Waals surface area (Å²) in [6, 6.07) is 5.86. The molecule has 1 aliphatic rings. The monoisotopic (exact) mass is 333 g/mol. The van der Waals surface area contributed by atoms with E-state index < -0.39 is 5.60 Å². The fourth-order valence-corrected chi connectivity index (χ4v) is 2.80. The summed E-state index contributed by atoms with van der Waals surface area (Å²) in [7, 11) is 1.62. The molecule has 7 heteroatoms. The van der Waals surface area contributed by atoms with Crippen LogP contribution in [0.25, 0.3) is 0 Å². The van der Waals surface area contributed by atoms with Crippen molar-refractivity contribution < 1.29 is 18.7 Å². The molecule has 24 heavy (non-hydrogen) atoms. The van der Waals surface area contributed by atoms with Gasteiger partial charge < -0.3 is 19.4 Å². The standard InChI is InChI=1S/C17H20FN3O3/c1-23-17(11-24-15-4-2-13(18)3-5-15)6-7-21(10-17)16(22)8-14-9-19-12-20-14/h2-5,9,12H,6-8,10-11H2,1H3,(H,19,20). The maximum Gasteiger partial charge on any atom is 0.228 e. The van der Waals surface area contributed by atoms with Crippen molar-refractivity contribution in [3.05, 3.63) is 48.3 Å². The lowest BCUT2D eigenvalue weighted by atomic mass is 10.0. The lowest BCUT2D eigenvalue weighted by Gasteiger charge is -2.27. The number of likely N-dealkylation sites (tertiary alicyclic amines) is 1. The summed E-state index contributed by atoms with van der Waals surface area (Å²) < 4.78 is 24.3. The minimum Gasteiger partial charge on any atom is -0.491 e. The Balaban J connectivity index is 1.57. The first kappa shape index (κ1) is 16.4. The number of aromatic amines is 1. The van der Waals surface area contributed by atoms with E-state index >= 15 is 0 Å². The van der Waals surface area contributed by atoms with Crippen molar-refractivity contribution in [3.63, 3.8) is 0 Å². The topological polar surface area (TPSA) is 67.5 Å². The average Bonchev–Trinajstić information content (AvgIpc) is 3.24. The maximum atomic E-state index is 12.9. The van der Waals surface area contributed by atoms with Gasteiger partial charge in [0.1, 0.15) is 23.8 Å². The number of nitrogens with one attached hydrogen (secondary N) is 1. The predicted octanol–water partition coefficient (Wildman–Crippen LogP) is 1.79. The number of ether oxygens (including phenoxy) is 2. The largest absolute Gasteiger partial charge is 0.491 e. The summed E-state index contributed by atoms with van der Waals surface area (Å²) in [5.41, 5.74) is 0.246. The van der Waals surface area contributed by atoms with Gasteiger partial charge in [0.25, 0.3) is 0 Å². The third-order valence-electron chi connectivity index (χ3n) is 4.31. The summed E-state index contributed by atoms with van der Waals surface area (Å²) >= 11 is 0. The molecular formula is C17H20FN3O3. The third kappa shape index (κ3) is 3.73. The highest BCUT2D eigenvalue weighted by atomic mass is 19.1. The van der Waals surface area contributed by atoms with E-state index in [1.165, 1.54) is 12.1 Å². The van der Waals surface area contributed by atoms with Gasteiger partial charge in [-0.3, -0.25) is 4.79 Å². The molecule has 3 rings (SSSR count). The van der Waals surface area contributed by atoms with Crippen molar-refractivity contribution in [2.75, 3.05) is 26.8 Å². The molecule has 0 saturated carbocycles. The van der Waals surface area contributed by atoms with Crippen molar-refractivity contribution in [1.82, 2.24) is 14.9 Å². The summed E-state index contributed by atoms with van der Waals surface area (Å²) in [6.45, 7) is 1.40. The van der Waals surface area contributed by atoms with Crippen LogP contribution in [0, 0.1) is 5.82 Å². The number of methoxy groups -OCH3 is 1. The Labute approximate surface area is 139 Å². The Kier molecular flexibility index (Phi) is 4.80. The molecule has 1 saturated heterocycles. The van der Waals surface area contributed by atoms with E-state index in [2.05, 4.69) is 9.97 Å². The highest BCUT2D eigenvalue weighted by molar-refractivity contribution is 5.78. The molecule has 1 amide bonds. The van der Waals surface area contributed by atoms with Gasteiger partial charge in [-0.05, 0) is 30.7 Å². The Bertz CT molecular complexity index is 675. The molecular weight excluding hydrogens is 313 g/mol. The number of halogens is 1. The van der Waals surface area contributed by atoms with Crippen LogP contribution in [0.5, 0.6) is 5.75 Å². The van der Waals surface area contributed by atoms with Crippen LogP contribution in [0.3, 0.4) is 0 Å². The summed E-state index contributed by atoms with van der Waals surface area (Å²) in [5.74, 6) is 0.301. The van der Waals surface area contributed by atoms with Crippen LogP contribution in [0.15, 0.2) is 36.8 Å². The maximum absolute atomic E-state index is 12.9. The molecule has 1 N–H and O–H groups in total. The molecule has 0 aliphatic carbocycles. The van der Waals surface area contributed by atoms with Gasteiger partial charge in [0, 0.05) is 25.5 Å². The zero-order chi connectivity index (χ0) is 17.0. The number of hydrogen-bond donors (Lipinski definition) is 1. The lowest BCUT2D eigenvalue weighted by molar-refractivity contribution is -0.131. The van der Waals surface area contributed by atoms with E-state index in [0.717, 1.165) is 5.69 Å². The normalized spacial score (nSPS) is 20.3. The number of benzene rings is 1. The van der Waals surface area contributed by atoms with Crippen LogP contribution in [0.1, 0.15) is 12.1 Å². The molecule has 0 spiro atoms. The van der Waals surface area contributed by atoms with E-state index in [9.17, 15) is 9.18 Å². The third-order valence-corrected chi connectivity index (χ3v) is 4.31. The molecule has 1 aliphatic heterocycles. The van der Waals surface area contributed by atoms with E-state index in [-0.39, 0.29) is 11.7 Å². The van der Waals surface area contributed by atoms with Gasteiger partial charge in [-0.25, -0.2) is 9.37 Å². The Hall–Kier alpha value is -2.41. The molecule has 1 aromatic heterocycles. The van der Waals surface area contributed by atoms with Gasteiger partial charge in [0.15, 0.2) is 0 Å². The van der Waals surface area contributed by atoms with Gasteiger partial charge in [-0.15, -0.1) is 0 Å². The van der Waals surface area contributed by atoms with E-state index in [1.54, 1.807) is 36.7 Å². The van der Waals surface area contributed by atoms with Crippen LogP contribution >= 0.6 is 0 Å². The lowest BCUT2D eigenvalue weighted by Crippen LogP contribution is -2.42. The SMILES string of the molecule is COC1(COc2ccc(F)cc2)CCN(C(=O)Cc2cnc[nH]2)C1. The number of rotatable bonds is 6. The molecule has 0 radical (unpaired) electrons. The van der Waals surface area contributed by atoms with E-state index in [1.807, 2.05) is 0 Å². The van der Waals surface area contributed by atoms with E-state index in [4.69, 9.17) is 9.47 Å². The molecule has 128 valence electrons. The van der Waals surface area contributed by atoms with Crippen LogP contribution in [0.2, 0.25) is 0 Å². The quantitative estimate of drug-likeness (QED) is 0.875. The molecule has 1 atom stereocenters. The van der Waals surface area contributed by atoms with Crippen LogP contribution in [0.4, 0.5) is 4.39 Å². The number of aromatic nitrogens is 2. The predicted molar refractivity (Wildman–Crippen MR) is 85.1 cm³/mol. The van der Waals surface area contributed by atoms with Gasteiger partial charge in [0.05, 0.1) is 19.3 Å². The molecule has 2 heterocycles. The number of nitrogens with zero attached hydrogens (tertiary/aromatic N) is 2. The van der Waals surface area contributed by atoms with Gasteiger partial charge in [0.2, 0.25) is 5.91 Å². The van der Waals surface area contributed by atoms with Gasteiger partial charge in [-0.2, -0.15) is 0 Å². The first-order valence-electron chi connectivity index (χ1n) is 7.79. The number of carbonyl (C=O) groups is 1. The Morgan fingerprint density at radius 3 is 2.88 bits per heavy atom. The highest BCUT2D eigenvalue weighted by Crippen LogP contribution is 2.27. The first-order chi connectivity index (χ1) is 11.6. The number of H-pyrrole nitrogens is 1. The number of hydrogen-bond acceptors (Lipinski definition) is 4. The van der Waals surface area contributed by atoms with Crippen molar-refractivity contribution >= 4 is 5.91 Å². The summed E-state index contributed by atoms with van der Waals surface area (Å²) in [4.78, 5) is 21.0.